The van der Waals surface area contributed by atoms with Gasteiger partial charge in [0.2, 0.25) is 11.8 Å². The van der Waals surface area contributed by atoms with Crippen molar-refractivity contribution in [2.24, 2.45) is 11.8 Å². The summed E-state index contributed by atoms with van der Waals surface area (Å²) in [5, 5.41) is 12.4. The van der Waals surface area contributed by atoms with Crippen LogP contribution in [0.5, 0.6) is 0 Å². The van der Waals surface area contributed by atoms with Gasteiger partial charge < -0.3 is 19.9 Å². The molecule has 1 aromatic carbocycles. The molecular weight excluding hydrogens is 513 g/mol. The number of rotatable bonds is 7. The molecule has 3 heterocycles. The summed E-state index contributed by atoms with van der Waals surface area (Å²) in [6.07, 6.45) is 4.74. The van der Waals surface area contributed by atoms with Gasteiger partial charge in [0.05, 0.1) is 18.2 Å². The van der Waals surface area contributed by atoms with Gasteiger partial charge in [0.25, 0.3) is 0 Å². The minimum absolute atomic E-state index is 0.0168. The summed E-state index contributed by atoms with van der Waals surface area (Å²) in [7, 11) is 0. The molecule has 10 heteroatoms. The molecule has 0 aromatic heterocycles. The number of amides is 3. The van der Waals surface area contributed by atoms with Gasteiger partial charge in [0.1, 0.15) is 23.5 Å². The van der Waals surface area contributed by atoms with Crippen LogP contribution in [0.2, 0.25) is 0 Å². The quantitative estimate of drug-likeness (QED) is 0.557. The number of piperazine rings is 1. The van der Waals surface area contributed by atoms with Crippen molar-refractivity contribution in [1.29, 1.82) is 5.26 Å². The number of ether oxygens (including phenoxy) is 1. The van der Waals surface area contributed by atoms with Crippen molar-refractivity contribution in [1.82, 2.24) is 20.0 Å². The number of benzene rings is 1. The molecule has 6 rings (SSSR count). The summed E-state index contributed by atoms with van der Waals surface area (Å²) in [4.78, 5) is 46.1. The Kier molecular flexibility index (Phi) is 6.76. The summed E-state index contributed by atoms with van der Waals surface area (Å²) in [6, 6.07) is 6.90. The Bertz CT molecular complexity index is 1220. The first-order chi connectivity index (χ1) is 19.0. The SMILES string of the molecule is CC(C)(C)OC(=O)N[C@@H](CN1C[C@@H]2C[C@H]1C(=O)N2[C@H](c1ccc(F)cc1)C1CCC1)C(=O)N1[C@H](C#N)C[C@@H]2C[C@@H]21. The van der Waals surface area contributed by atoms with Crippen LogP contribution in [0.15, 0.2) is 24.3 Å². The Balaban J connectivity index is 1.20. The highest BCUT2D eigenvalue weighted by Crippen LogP contribution is 2.49. The number of nitrogens with one attached hydrogen (secondary N) is 1. The molecule has 5 fully saturated rings. The first-order valence-corrected chi connectivity index (χ1v) is 14.6. The highest BCUT2D eigenvalue weighted by Gasteiger charge is 2.57. The number of nitrogens with zero attached hydrogens (tertiary/aromatic N) is 4. The van der Waals surface area contributed by atoms with E-state index in [1.54, 1.807) is 37.8 Å². The lowest BCUT2D eigenvalue weighted by Gasteiger charge is -2.45. The molecule has 3 aliphatic heterocycles. The first kappa shape index (κ1) is 27.0. The lowest BCUT2D eigenvalue weighted by atomic mass is 9.76. The number of alkyl carbamates (subject to hydrolysis) is 1. The van der Waals surface area contributed by atoms with Gasteiger partial charge in [-0.2, -0.15) is 5.26 Å². The van der Waals surface area contributed by atoms with Gasteiger partial charge in [-0.3, -0.25) is 14.5 Å². The lowest BCUT2D eigenvalue weighted by molar-refractivity contribution is -0.143. The average Bonchev–Trinajstić information content (AvgIpc) is 3.18. The second-order valence-corrected chi connectivity index (χ2v) is 13.2. The minimum atomic E-state index is -0.926. The molecule has 0 unspecified atom stereocenters. The van der Waals surface area contributed by atoms with Gasteiger partial charge in [0.15, 0.2) is 0 Å². The third-order valence-corrected chi connectivity index (χ3v) is 9.34. The minimum Gasteiger partial charge on any atom is -0.444 e. The number of halogens is 1. The van der Waals surface area contributed by atoms with E-state index in [0.717, 1.165) is 31.2 Å². The van der Waals surface area contributed by atoms with Gasteiger partial charge in [-0.05, 0) is 82.4 Å². The maximum Gasteiger partial charge on any atom is 0.408 e. The Labute approximate surface area is 234 Å². The second kappa shape index (κ2) is 10.0. The number of carbonyl (C=O) groups excluding carboxylic acids is 3. The number of nitriles is 1. The predicted molar refractivity (Wildman–Crippen MR) is 143 cm³/mol. The second-order valence-electron chi connectivity index (χ2n) is 13.2. The van der Waals surface area contributed by atoms with Crippen LogP contribution in [0.4, 0.5) is 9.18 Å². The van der Waals surface area contributed by atoms with E-state index in [4.69, 9.17) is 4.74 Å². The monoisotopic (exact) mass is 551 g/mol. The molecule has 5 aliphatic rings. The summed E-state index contributed by atoms with van der Waals surface area (Å²) in [5.41, 5.74) is 0.232. The van der Waals surface area contributed by atoms with E-state index in [0.29, 0.717) is 31.2 Å². The van der Waals surface area contributed by atoms with Crippen molar-refractivity contribution in [2.75, 3.05) is 13.1 Å². The number of likely N-dealkylation sites (tertiary alicyclic amines) is 3. The van der Waals surface area contributed by atoms with E-state index >= 15 is 0 Å². The summed E-state index contributed by atoms with van der Waals surface area (Å²) in [5.74, 6) is 0.157. The molecular formula is C30H38FN5O4. The molecule has 2 bridgehead atoms. The molecule has 9 nitrogen and oxygen atoms in total. The number of carbonyl (C=O) groups is 3. The number of hydrogen-bond donors (Lipinski definition) is 1. The van der Waals surface area contributed by atoms with Crippen LogP contribution in [-0.2, 0) is 14.3 Å². The molecule has 2 aliphatic carbocycles. The van der Waals surface area contributed by atoms with Crippen LogP contribution in [0.1, 0.15) is 70.9 Å². The molecule has 3 saturated heterocycles. The molecule has 7 atom stereocenters. The molecule has 2 saturated carbocycles. The molecule has 1 N–H and O–H groups in total. The van der Waals surface area contributed by atoms with Crippen molar-refractivity contribution in [3.05, 3.63) is 35.6 Å². The molecule has 214 valence electrons. The Morgan fingerprint density at radius 1 is 1.18 bits per heavy atom. The zero-order valence-corrected chi connectivity index (χ0v) is 23.4. The van der Waals surface area contributed by atoms with Gasteiger partial charge in [-0.25, -0.2) is 9.18 Å². The third kappa shape index (κ3) is 4.93. The maximum atomic E-state index is 13.8. The summed E-state index contributed by atoms with van der Waals surface area (Å²) < 4.78 is 19.1. The maximum absolute atomic E-state index is 13.8. The highest BCUT2D eigenvalue weighted by molar-refractivity contribution is 5.89. The van der Waals surface area contributed by atoms with Gasteiger partial charge in [-0.1, -0.05) is 18.6 Å². The van der Waals surface area contributed by atoms with Crippen LogP contribution < -0.4 is 5.32 Å². The number of fused-ring (bicyclic) bond motifs is 3. The fraction of sp³-hybridized carbons (Fsp3) is 0.667. The van der Waals surface area contributed by atoms with E-state index in [1.165, 1.54) is 12.1 Å². The van der Waals surface area contributed by atoms with E-state index < -0.39 is 23.8 Å². The topological polar surface area (TPSA) is 106 Å². The summed E-state index contributed by atoms with van der Waals surface area (Å²) in [6.45, 7) is 6.05. The van der Waals surface area contributed by atoms with Crippen LogP contribution in [-0.4, -0.2) is 81.5 Å². The van der Waals surface area contributed by atoms with Crippen LogP contribution >= 0.6 is 0 Å². The van der Waals surface area contributed by atoms with Crippen molar-refractivity contribution in [2.45, 2.75) is 101 Å². The van der Waals surface area contributed by atoms with Gasteiger partial charge in [0, 0.05) is 25.2 Å². The number of hydrogen-bond acceptors (Lipinski definition) is 6. The Morgan fingerprint density at radius 2 is 1.90 bits per heavy atom. The van der Waals surface area contributed by atoms with Crippen LogP contribution in [0.25, 0.3) is 0 Å². The number of piperidine rings is 1. The van der Waals surface area contributed by atoms with Crippen molar-refractivity contribution in [3.63, 3.8) is 0 Å². The predicted octanol–water partition coefficient (Wildman–Crippen LogP) is 3.36. The average molecular weight is 552 g/mol. The smallest absolute Gasteiger partial charge is 0.408 e. The Hall–Kier alpha value is -3.19. The molecule has 0 radical (unpaired) electrons. The molecule has 0 spiro atoms. The van der Waals surface area contributed by atoms with E-state index in [1.807, 2.05) is 9.80 Å². The van der Waals surface area contributed by atoms with Gasteiger partial charge >= 0.3 is 6.09 Å². The zero-order valence-electron chi connectivity index (χ0n) is 23.4. The molecule has 40 heavy (non-hydrogen) atoms. The van der Waals surface area contributed by atoms with Crippen molar-refractivity contribution >= 4 is 17.9 Å². The van der Waals surface area contributed by atoms with Crippen molar-refractivity contribution in [3.8, 4) is 6.07 Å². The first-order valence-electron chi connectivity index (χ1n) is 14.6. The lowest BCUT2D eigenvalue weighted by Crippen LogP contribution is -2.60. The fourth-order valence-corrected chi connectivity index (χ4v) is 7.27. The fourth-order valence-electron chi connectivity index (χ4n) is 7.27. The van der Waals surface area contributed by atoms with Crippen LogP contribution in [0, 0.1) is 29.0 Å². The van der Waals surface area contributed by atoms with Gasteiger partial charge in [-0.15, -0.1) is 0 Å². The summed E-state index contributed by atoms with van der Waals surface area (Å²) >= 11 is 0. The van der Waals surface area contributed by atoms with Crippen LogP contribution in [0.3, 0.4) is 0 Å². The third-order valence-electron chi connectivity index (χ3n) is 9.34. The molecule has 1 aromatic rings. The van der Waals surface area contributed by atoms with Crippen molar-refractivity contribution < 1.29 is 23.5 Å². The normalized spacial score (nSPS) is 30.9. The highest BCUT2D eigenvalue weighted by atomic mass is 19.1. The van der Waals surface area contributed by atoms with E-state index in [-0.39, 0.29) is 48.3 Å². The largest absolute Gasteiger partial charge is 0.444 e. The molecule has 3 amide bonds. The Morgan fingerprint density at radius 3 is 2.50 bits per heavy atom. The van der Waals surface area contributed by atoms with E-state index in [2.05, 4.69) is 11.4 Å². The van der Waals surface area contributed by atoms with E-state index in [9.17, 15) is 24.0 Å². The zero-order chi connectivity index (χ0) is 28.3. The standard InChI is InChI=1S/C30H38FN5O4/c1-30(2,3)40-29(39)33-23(27(37)35-21(14-32)11-19-12-24(19)35)16-34-15-22-13-25(34)28(38)36(22)26(17-5-4-6-17)18-7-9-20(31)10-8-18/h7-10,17,19,21-26H,4-6,11-13,15-16H2,1-3H3,(H,33,39)/t19-,21+,22+,23+,24+,25+,26+/m1/s1.